The first-order chi connectivity index (χ1) is 10.1. The summed E-state index contributed by atoms with van der Waals surface area (Å²) in [7, 11) is 0. The lowest BCUT2D eigenvalue weighted by Crippen LogP contribution is -2.33. The molecule has 0 fully saturated rings. The zero-order chi connectivity index (χ0) is 15.2. The Hall–Kier alpha value is -1.60. The third-order valence-corrected chi connectivity index (χ3v) is 4.53. The van der Waals surface area contributed by atoms with E-state index in [4.69, 9.17) is 0 Å². The van der Waals surface area contributed by atoms with Gasteiger partial charge in [0, 0.05) is 12.1 Å². The van der Waals surface area contributed by atoms with Crippen LogP contribution in [0.25, 0.3) is 11.1 Å². The molecule has 0 amide bonds. The van der Waals surface area contributed by atoms with Crippen LogP contribution in [0.15, 0.2) is 54.6 Å². The van der Waals surface area contributed by atoms with Crippen molar-refractivity contribution in [1.29, 1.82) is 0 Å². The van der Waals surface area contributed by atoms with Crippen LogP contribution in [0.3, 0.4) is 0 Å². The predicted molar refractivity (Wildman–Crippen MR) is 92.3 cm³/mol. The van der Waals surface area contributed by atoms with E-state index in [1.165, 1.54) is 23.1 Å². The predicted octanol–water partition coefficient (Wildman–Crippen LogP) is 5.44. The van der Waals surface area contributed by atoms with E-state index in [1.54, 1.807) is 0 Å². The fourth-order valence-corrected chi connectivity index (χ4v) is 2.60. The van der Waals surface area contributed by atoms with E-state index in [2.05, 4.69) is 87.6 Å². The van der Waals surface area contributed by atoms with Crippen molar-refractivity contribution in [2.45, 2.75) is 46.2 Å². The molecule has 0 aromatic heterocycles. The lowest BCUT2D eigenvalue weighted by Gasteiger charge is -2.25. The molecule has 0 saturated carbocycles. The molecule has 0 spiro atoms. The molecule has 0 aliphatic rings. The highest BCUT2D eigenvalue weighted by atomic mass is 14.9. The molecule has 3 atom stereocenters. The summed E-state index contributed by atoms with van der Waals surface area (Å²) >= 11 is 0. The molecule has 3 unspecified atom stereocenters. The van der Waals surface area contributed by atoms with Crippen molar-refractivity contribution in [1.82, 2.24) is 5.32 Å². The van der Waals surface area contributed by atoms with Gasteiger partial charge in [0.15, 0.2) is 0 Å². The van der Waals surface area contributed by atoms with Gasteiger partial charge in [-0.1, -0.05) is 74.9 Å². The van der Waals surface area contributed by atoms with Gasteiger partial charge in [-0.25, -0.2) is 0 Å². The normalized spacial score (nSPS) is 15.4. The van der Waals surface area contributed by atoms with E-state index < -0.39 is 0 Å². The van der Waals surface area contributed by atoms with Crippen molar-refractivity contribution in [3.05, 3.63) is 60.2 Å². The first kappa shape index (κ1) is 15.8. The molecule has 2 aromatic rings. The summed E-state index contributed by atoms with van der Waals surface area (Å²) in [5.41, 5.74) is 3.91. The molecule has 21 heavy (non-hydrogen) atoms. The van der Waals surface area contributed by atoms with E-state index in [-0.39, 0.29) is 0 Å². The van der Waals surface area contributed by atoms with Crippen molar-refractivity contribution < 1.29 is 0 Å². The Morgan fingerprint density at radius 1 is 0.810 bits per heavy atom. The zero-order valence-corrected chi connectivity index (χ0v) is 13.6. The minimum atomic E-state index is 0.388. The summed E-state index contributed by atoms with van der Waals surface area (Å²) in [6, 6.07) is 20.4. The van der Waals surface area contributed by atoms with Gasteiger partial charge in [-0.15, -0.1) is 0 Å². The van der Waals surface area contributed by atoms with E-state index in [1.807, 2.05) is 0 Å². The van der Waals surface area contributed by atoms with Crippen molar-refractivity contribution in [2.75, 3.05) is 0 Å². The first-order valence-corrected chi connectivity index (χ1v) is 8.03. The molecular weight excluding hydrogens is 254 g/mol. The average molecular weight is 281 g/mol. The molecule has 2 rings (SSSR count). The van der Waals surface area contributed by atoms with Crippen LogP contribution >= 0.6 is 0 Å². The van der Waals surface area contributed by atoms with Crippen LogP contribution in [-0.4, -0.2) is 6.04 Å². The summed E-state index contributed by atoms with van der Waals surface area (Å²) in [6.45, 7) is 9.09. The maximum atomic E-state index is 3.71. The summed E-state index contributed by atoms with van der Waals surface area (Å²) in [5, 5.41) is 3.71. The largest absolute Gasteiger partial charge is 0.307 e. The van der Waals surface area contributed by atoms with E-state index >= 15 is 0 Å². The summed E-state index contributed by atoms with van der Waals surface area (Å²) < 4.78 is 0. The number of benzene rings is 2. The highest BCUT2D eigenvalue weighted by Crippen LogP contribution is 2.22. The summed E-state index contributed by atoms with van der Waals surface area (Å²) in [4.78, 5) is 0. The average Bonchev–Trinajstić information content (AvgIpc) is 2.55. The molecular formula is C20H27N. The van der Waals surface area contributed by atoms with Crippen molar-refractivity contribution in [3.8, 4) is 11.1 Å². The van der Waals surface area contributed by atoms with E-state index in [0.717, 1.165) is 0 Å². The molecule has 1 N–H and O–H groups in total. The zero-order valence-electron chi connectivity index (χ0n) is 13.6. The van der Waals surface area contributed by atoms with Crippen LogP contribution in [-0.2, 0) is 0 Å². The minimum absolute atomic E-state index is 0.388. The van der Waals surface area contributed by atoms with Gasteiger partial charge in [0.1, 0.15) is 0 Å². The molecule has 2 aromatic carbocycles. The van der Waals surface area contributed by atoms with Crippen LogP contribution in [0.1, 0.15) is 45.7 Å². The van der Waals surface area contributed by atoms with E-state index in [9.17, 15) is 0 Å². The lowest BCUT2D eigenvalue weighted by molar-refractivity contribution is 0.360. The Kier molecular flexibility index (Phi) is 5.58. The molecule has 1 heteroatoms. The molecule has 0 aliphatic carbocycles. The Morgan fingerprint density at radius 3 is 1.95 bits per heavy atom. The monoisotopic (exact) mass is 281 g/mol. The molecule has 0 bridgehead atoms. The highest BCUT2D eigenvalue weighted by molar-refractivity contribution is 5.63. The second-order valence-electron chi connectivity index (χ2n) is 6.05. The van der Waals surface area contributed by atoms with Crippen LogP contribution in [0.4, 0.5) is 0 Å². The van der Waals surface area contributed by atoms with Gasteiger partial charge >= 0.3 is 0 Å². The topological polar surface area (TPSA) is 12.0 Å². The van der Waals surface area contributed by atoms with Crippen LogP contribution in [0, 0.1) is 5.92 Å². The molecule has 0 saturated heterocycles. The molecule has 112 valence electrons. The first-order valence-electron chi connectivity index (χ1n) is 8.03. The number of nitrogens with one attached hydrogen (secondary N) is 1. The lowest BCUT2D eigenvalue weighted by atomic mass is 9.97. The molecule has 0 aliphatic heterocycles. The Morgan fingerprint density at radius 2 is 1.38 bits per heavy atom. The smallest absolute Gasteiger partial charge is 0.0294 e. The molecule has 0 heterocycles. The van der Waals surface area contributed by atoms with Crippen LogP contribution in [0.5, 0.6) is 0 Å². The molecule has 1 nitrogen and oxygen atoms in total. The fraction of sp³-hybridized carbons (Fsp3) is 0.400. The maximum Gasteiger partial charge on any atom is 0.0294 e. The quantitative estimate of drug-likeness (QED) is 0.743. The SMILES string of the molecule is CCC(C)C(C)NC(C)c1ccc(-c2ccccc2)cc1. The van der Waals surface area contributed by atoms with Gasteiger partial charge in [0.25, 0.3) is 0 Å². The van der Waals surface area contributed by atoms with Gasteiger partial charge in [0.05, 0.1) is 0 Å². The number of hydrogen-bond donors (Lipinski definition) is 1. The standard InChI is InChI=1S/C20H27N/c1-5-15(2)16(3)21-17(4)18-11-13-20(14-12-18)19-9-7-6-8-10-19/h6-17,21H,5H2,1-4H3. The Labute approximate surface area is 129 Å². The van der Waals surface area contributed by atoms with E-state index in [0.29, 0.717) is 18.0 Å². The van der Waals surface area contributed by atoms with Crippen molar-refractivity contribution in [3.63, 3.8) is 0 Å². The molecule has 0 radical (unpaired) electrons. The van der Waals surface area contributed by atoms with Crippen LogP contribution < -0.4 is 5.32 Å². The second-order valence-corrected chi connectivity index (χ2v) is 6.05. The van der Waals surface area contributed by atoms with Crippen molar-refractivity contribution in [2.24, 2.45) is 5.92 Å². The number of rotatable bonds is 6. The van der Waals surface area contributed by atoms with Gasteiger partial charge in [0.2, 0.25) is 0 Å². The van der Waals surface area contributed by atoms with Gasteiger partial charge in [-0.2, -0.15) is 0 Å². The third kappa shape index (κ3) is 4.18. The maximum absolute atomic E-state index is 3.71. The van der Waals surface area contributed by atoms with Crippen LogP contribution in [0.2, 0.25) is 0 Å². The van der Waals surface area contributed by atoms with Crippen molar-refractivity contribution >= 4 is 0 Å². The number of hydrogen-bond acceptors (Lipinski definition) is 1. The highest BCUT2D eigenvalue weighted by Gasteiger charge is 2.14. The minimum Gasteiger partial charge on any atom is -0.307 e. The second kappa shape index (κ2) is 7.42. The summed E-state index contributed by atoms with van der Waals surface area (Å²) in [5.74, 6) is 0.705. The van der Waals surface area contributed by atoms with Gasteiger partial charge < -0.3 is 5.32 Å². The Bertz CT molecular complexity index is 530. The van der Waals surface area contributed by atoms with Gasteiger partial charge in [-0.3, -0.25) is 0 Å². The summed E-state index contributed by atoms with van der Waals surface area (Å²) in [6.07, 6.45) is 1.22. The Balaban J connectivity index is 2.05. The fourth-order valence-electron chi connectivity index (χ4n) is 2.60. The van der Waals surface area contributed by atoms with Gasteiger partial charge in [-0.05, 0) is 36.5 Å². The third-order valence-electron chi connectivity index (χ3n) is 4.53.